The van der Waals surface area contributed by atoms with Gasteiger partial charge in [0.2, 0.25) is 11.7 Å². The third kappa shape index (κ3) is 3.13. The average Bonchev–Trinajstić information content (AvgIpc) is 3.01. The lowest BCUT2D eigenvalue weighted by Crippen LogP contribution is -2.47. The lowest BCUT2D eigenvalue weighted by molar-refractivity contribution is -0.746. The van der Waals surface area contributed by atoms with Gasteiger partial charge in [-0.15, -0.1) is 0 Å². The minimum Gasteiger partial charge on any atom is -0.394 e. The zero-order valence-electron chi connectivity index (χ0n) is 13.3. The maximum atomic E-state index is 12.0. The Kier molecular flexibility index (Phi) is 4.54. The Morgan fingerprint density at radius 1 is 1.40 bits per heavy atom. The van der Waals surface area contributed by atoms with Crippen LogP contribution in [0.15, 0.2) is 17.4 Å². The Hall–Kier alpha value is -1.66. The van der Waals surface area contributed by atoms with E-state index in [2.05, 4.69) is 9.51 Å². The van der Waals surface area contributed by atoms with E-state index in [9.17, 15) is 19.6 Å². The van der Waals surface area contributed by atoms with Gasteiger partial charge in [-0.2, -0.15) is 4.98 Å². The second-order valence-corrected chi connectivity index (χ2v) is 6.96. The van der Waals surface area contributed by atoms with Gasteiger partial charge in [0.25, 0.3) is 5.65 Å². The fourth-order valence-corrected chi connectivity index (χ4v) is 3.58. The predicted molar refractivity (Wildman–Crippen MR) is 80.1 cm³/mol. The summed E-state index contributed by atoms with van der Waals surface area (Å²) in [5.74, 6) is 0. The Balaban J connectivity index is 2.09. The zero-order chi connectivity index (χ0) is 18.5. The minimum atomic E-state index is -4.91. The van der Waals surface area contributed by atoms with Gasteiger partial charge in [0.05, 0.1) is 20.7 Å². The highest BCUT2D eigenvalue weighted by Crippen LogP contribution is 2.42. The van der Waals surface area contributed by atoms with Gasteiger partial charge in [0.15, 0.2) is 12.7 Å². The van der Waals surface area contributed by atoms with Crippen molar-refractivity contribution in [2.24, 2.45) is 14.1 Å². The van der Waals surface area contributed by atoms with Gasteiger partial charge in [-0.05, 0) is 0 Å². The van der Waals surface area contributed by atoms with Gasteiger partial charge >= 0.3 is 13.4 Å². The second-order valence-electron chi connectivity index (χ2n) is 5.77. The molecule has 1 fully saturated rings. The van der Waals surface area contributed by atoms with Crippen LogP contribution in [0.25, 0.3) is 11.2 Å². The van der Waals surface area contributed by atoms with Gasteiger partial charge in [0, 0.05) is 0 Å². The summed E-state index contributed by atoms with van der Waals surface area (Å²) in [5.41, 5.74) is 0.143. The van der Waals surface area contributed by atoms with E-state index < -0.39 is 44.5 Å². The molecule has 4 atom stereocenters. The normalized spacial score (nSPS) is 27.3. The molecule has 2 aromatic heterocycles. The summed E-state index contributed by atoms with van der Waals surface area (Å²) >= 11 is 0. The van der Waals surface area contributed by atoms with Crippen molar-refractivity contribution in [3.05, 3.63) is 23.0 Å². The molecule has 1 saturated heterocycles. The van der Waals surface area contributed by atoms with Gasteiger partial charge < -0.3 is 24.7 Å². The largest absolute Gasteiger partial charge is 0.470 e. The molecule has 3 heterocycles. The number of fused-ring (bicyclic) bond motifs is 1. The lowest BCUT2D eigenvalue weighted by atomic mass is 10.1. The monoisotopic (exact) mass is 377 g/mol. The van der Waals surface area contributed by atoms with Gasteiger partial charge in [-0.25, -0.2) is 13.7 Å². The SMILES string of the molecule is Cn1c[n+]([C@@H]2O[C@H](CO)[C@@H](OP(=O)(O)O)[C@H]2O)c2c1c(=O)ncn2C. The number of phosphoric acid groups is 1. The highest BCUT2D eigenvalue weighted by Gasteiger charge is 2.50. The standard InChI is InChI=1S/C12H17N4O8P/c1-14-4-13-10(19)7-11(14)16(5-15(7)2)12-8(18)9(6(3-17)23-12)24-25(20,21)22/h4-6,8-9,12,17-18H,3H2,1-2H3,(H-,20,21,22)/p+1/t6-,8-,9-,12-/m1/s1. The van der Waals surface area contributed by atoms with Crippen molar-refractivity contribution in [2.45, 2.75) is 24.5 Å². The molecular weight excluding hydrogens is 359 g/mol. The third-order valence-corrected chi connectivity index (χ3v) is 4.53. The maximum Gasteiger partial charge on any atom is 0.470 e. The van der Waals surface area contributed by atoms with Crippen molar-refractivity contribution < 1.29 is 38.4 Å². The number of nitrogens with zero attached hydrogens (tertiary/aromatic N) is 4. The smallest absolute Gasteiger partial charge is 0.394 e. The first-order valence-corrected chi connectivity index (χ1v) is 8.77. The molecule has 0 saturated carbocycles. The van der Waals surface area contributed by atoms with E-state index in [1.165, 1.54) is 26.4 Å². The van der Waals surface area contributed by atoms with Crippen LogP contribution in [-0.2, 0) is 27.9 Å². The van der Waals surface area contributed by atoms with Crippen LogP contribution >= 0.6 is 7.82 Å². The third-order valence-electron chi connectivity index (χ3n) is 4.01. The molecule has 1 aliphatic rings. The zero-order valence-corrected chi connectivity index (χ0v) is 14.2. The first-order chi connectivity index (χ1) is 11.6. The summed E-state index contributed by atoms with van der Waals surface area (Å²) in [7, 11) is -1.67. The van der Waals surface area contributed by atoms with E-state index in [4.69, 9.17) is 14.5 Å². The number of ether oxygens (including phenoxy) is 1. The van der Waals surface area contributed by atoms with Crippen LogP contribution in [0.3, 0.4) is 0 Å². The molecule has 0 aliphatic carbocycles. The van der Waals surface area contributed by atoms with E-state index >= 15 is 0 Å². The van der Waals surface area contributed by atoms with Crippen LogP contribution in [0.1, 0.15) is 6.23 Å². The summed E-state index contributed by atoms with van der Waals surface area (Å²) in [6, 6.07) is 0. The van der Waals surface area contributed by atoms with Crippen molar-refractivity contribution in [3.63, 3.8) is 0 Å². The Morgan fingerprint density at radius 3 is 2.68 bits per heavy atom. The number of aryl methyl sites for hydroxylation is 2. The molecule has 2 aromatic rings. The van der Waals surface area contributed by atoms with Gasteiger partial charge in [0.1, 0.15) is 18.3 Å². The van der Waals surface area contributed by atoms with E-state index in [1.807, 2.05) is 0 Å². The van der Waals surface area contributed by atoms with Crippen molar-refractivity contribution >= 4 is 19.0 Å². The molecule has 0 bridgehead atoms. The van der Waals surface area contributed by atoms with Crippen LogP contribution in [0.5, 0.6) is 0 Å². The summed E-state index contributed by atoms with van der Waals surface area (Å²) in [6.07, 6.45) is -2.45. The first-order valence-electron chi connectivity index (χ1n) is 7.24. The van der Waals surface area contributed by atoms with Crippen molar-refractivity contribution in [2.75, 3.05) is 6.61 Å². The van der Waals surface area contributed by atoms with E-state index in [0.29, 0.717) is 5.65 Å². The number of rotatable bonds is 4. The number of imidazole rings is 1. The average molecular weight is 377 g/mol. The van der Waals surface area contributed by atoms with Crippen LogP contribution in [0, 0.1) is 0 Å². The number of aliphatic hydroxyl groups excluding tert-OH is 2. The fourth-order valence-electron chi connectivity index (χ4n) is 3.00. The highest BCUT2D eigenvalue weighted by atomic mass is 31.2. The van der Waals surface area contributed by atoms with E-state index in [-0.39, 0.29) is 5.52 Å². The first kappa shape index (κ1) is 18.1. The van der Waals surface area contributed by atoms with Crippen LogP contribution in [0.2, 0.25) is 0 Å². The maximum absolute atomic E-state index is 12.0. The molecule has 1 aliphatic heterocycles. The molecule has 4 N–H and O–H groups in total. The van der Waals surface area contributed by atoms with Crippen molar-refractivity contribution in [1.29, 1.82) is 0 Å². The number of hydrogen-bond acceptors (Lipinski definition) is 7. The number of aromatic nitrogens is 4. The van der Waals surface area contributed by atoms with Gasteiger partial charge in [-0.3, -0.25) is 13.9 Å². The fraction of sp³-hybridized carbons (Fsp3) is 0.583. The molecule has 0 amide bonds. The molecule has 0 spiro atoms. The van der Waals surface area contributed by atoms with Crippen LogP contribution < -0.4 is 10.1 Å². The molecule has 0 radical (unpaired) electrons. The van der Waals surface area contributed by atoms with Gasteiger partial charge in [-0.1, -0.05) is 0 Å². The Bertz CT molecular complexity index is 904. The summed E-state index contributed by atoms with van der Waals surface area (Å²) in [5, 5.41) is 19.8. The quantitative estimate of drug-likeness (QED) is 0.328. The molecular formula is C12H18N4O8P+. The molecule has 3 rings (SSSR count). The summed E-state index contributed by atoms with van der Waals surface area (Å²) in [6.45, 7) is -0.621. The van der Waals surface area contributed by atoms with E-state index in [1.54, 1.807) is 14.1 Å². The van der Waals surface area contributed by atoms with Crippen molar-refractivity contribution in [1.82, 2.24) is 14.1 Å². The molecule has 0 unspecified atom stereocenters. The number of hydrogen-bond donors (Lipinski definition) is 4. The molecule has 12 nitrogen and oxygen atoms in total. The van der Waals surface area contributed by atoms with Crippen LogP contribution in [-0.4, -0.2) is 59.0 Å². The van der Waals surface area contributed by atoms with Crippen molar-refractivity contribution in [3.8, 4) is 0 Å². The molecule has 13 heteroatoms. The topological polar surface area (TPSA) is 160 Å². The molecule has 0 aromatic carbocycles. The summed E-state index contributed by atoms with van der Waals surface area (Å²) < 4.78 is 25.7. The molecule has 25 heavy (non-hydrogen) atoms. The number of aliphatic hydroxyl groups is 2. The number of phosphoric ester groups is 1. The van der Waals surface area contributed by atoms with Crippen LogP contribution in [0.4, 0.5) is 0 Å². The Morgan fingerprint density at radius 2 is 2.08 bits per heavy atom. The summed E-state index contributed by atoms with van der Waals surface area (Å²) in [4.78, 5) is 33.7. The minimum absolute atomic E-state index is 0.251. The predicted octanol–water partition coefficient (Wildman–Crippen LogP) is -2.71. The lowest BCUT2D eigenvalue weighted by Gasteiger charge is -2.19. The Labute approximate surface area is 140 Å². The molecule has 138 valence electrons. The second kappa shape index (κ2) is 6.25. The highest BCUT2D eigenvalue weighted by molar-refractivity contribution is 7.46. The van der Waals surface area contributed by atoms with E-state index in [0.717, 1.165) is 0 Å².